The maximum Gasteiger partial charge on any atom is 0.0621 e. The molecule has 1 N–H and O–H groups in total. The maximum absolute atomic E-state index is 6.07. The van der Waals surface area contributed by atoms with Crippen molar-refractivity contribution in [2.45, 2.75) is 32.2 Å². The third kappa shape index (κ3) is 5.48. The fourth-order valence-electron chi connectivity index (χ4n) is 1.73. The van der Waals surface area contributed by atoms with Crippen LogP contribution in [0.5, 0.6) is 0 Å². The highest BCUT2D eigenvalue weighted by Gasteiger charge is 2.08. The zero-order valence-corrected chi connectivity index (χ0v) is 11.3. The third-order valence-electron chi connectivity index (χ3n) is 2.67. The van der Waals surface area contributed by atoms with E-state index in [1.807, 2.05) is 6.07 Å². The van der Waals surface area contributed by atoms with Crippen LogP contribution in [0, 0.1) is 0 Å². The molecule has 0 bridgehead atoms. The van der Waals surface area contributed by atoms with Crippen molar-refractivity contribution in [3.8, 4) is 0 Å². The smallest absolute Gasteiger partial charge is 0.0621 e. The molecule has 1 atom stereocenters. The molecular formula is C13H21ClN2O. The van der Waals surface area contributed by atoms with Crippen LogP contribution in [-0.2, 0) is 11.2 Å². The Morgan fingerprint density at radius 1 is 1.53 bits per heavy atom. The fourth-order valence-corrected chi connectivity index (χ4v) is 1.94. The summed E-state index contributed by atoms with van der Waals surface area (Å²) in [5, 5.41) is 4.23. The Hall–Kier alpha value is -0.640. The summed E-state index contributed by atoms with van der Waals surface area (Å²) in [7, 11) is 1.74. The van der Waals surface area contributed by atoms with Crippen molar-refractivity contribution >= 4 is 11.6 Å². The molecule has 1 unspecified atom stereocenters. The van der Waals surface area contributed by atoms with Crippen LogP contribution in [0.3, 0.4) is 0 Å². The number of aromatic nitrogens is 1. The van der Waals surface area contributed by atoms with E-state index in [-0.39, 0.29) is 0 Å². The molecule has 0 saturated carbocycles. The van der Waals surface area contributed by atoms with Gasteiger partial charge in [0.1, 0.15) is 0 Å². The number of nitrogens with zero attached hydrogens (tertiary/aromatic N) is 1. The first-order valence-electron chi connectivity index (χ1n) is 6.08. The second kappa shape index (κ2) is 8.45. The van der Waals surface area contributed by atoms with Crippen LogP contribution in [0.25, 0.3) is 0 Å². The number of methoxy groups -OCH3 is 1. The van der Waals surface area contributed by atoms with Gasteiger partial charge in [-0.15, -0.1) is 0 Å². The van der Waals surface area contributed by atoms with Crippen molar-refractivity contribution in [3.63, 3.8) is 0 Å². The molecule has 0 spiro atoms. The summed E-state index contributed by atoms with van der Waals surface area (Å²) in [5.41, 5.74) is 1.15. The quantitative estimate of drug-likeness (QED) is 0.777. The maximum atomic E-state index is 6.07. The summed E-state index contributed by atoms with van der Waals surface area (Å²) in [4.78, 5) is 3.99. The predicted molar refractivity (Wildman–Crippen MR) is 71.5 cm³/mol. The monoisotopic (exact) mass is 256 g/mol. The average molecular weight is 257 g/mol. The van der Waals surface area contributed by atoms with Crippen LogP contribution in [0.15, 0.2) is 18.5 Å². The van der Waals surface area contributed by atoms with Gasteiger partial charge in [0.25, 0.3) is 0 Å². The largest absolute Gasteiger partial charge is 0.383 e. The molecule has 96 valence electrons. The first kappa shape index (κ1) is 14.4. The highest BCUT2D eigenvalue weighted by molar-refractivity contribution is 6.31. The summed E-state index contributed by atoms with van der Waals surface area (Å²) in [5.74, 6) is 0. The van der Waals surface area contributed by atoms with Gasteiger partial charge < -0.3 is 10.1 Å². The Kier molecular flexibility index (Phi) is 7.17. The van der Waals surface area contributed by atoms with Crippen LogP contribution in [0.4, 0.5) is 0 Å². The van der Waals surface area contributed by atoms with E-state index in [0.717, 1.165) is 43.0 Å². The molecule has 0 aliphatic rings. The molecule has 17 heavy (non-hydrogen) atoms. The van der Waals surface area contributed by atoms with Gasteiger partial charge in [0.05, 0.1) is 11.6 Å². The summed E-state index contributed by atoms with van der Waals surface area (Å²) < 4.78 is 5.21. The second-order valence-electron chi connectivity index (χ2n) is 4.11. The van der Waals surface area contributed by atoms with Crippen molar-refractivity contribution < 1.29 is 4.74 Å². The van der Waals surface area contributed by atoms with E-state index >= 15 is 0 Å². The van der Waals surface area contributed by atoms with Gasteiger partial charge in [0.2, 0.25) is 0 Å². The standard InChI is InChI=1S/C13H21ClN2O/c1-3-7-16-12(10-17-2)5-4-11-6-8-15-9-13(11)14/h6,8-9,12,16H,3-5,7,10H2,1-2H3. The molecule has 1 heterocycles. The Balaban J connectivity index is 2.42. The Labute approximate surface area is 109 Å². The summed E-state index contributed by atoms with van der Waals surface area (Å²) >= 11 is 6.07. The minimum atomic E-state index is 0.393. The lowest BCUT2D eigenvalue weighted by molar-refractivity contribution is 0.162. The van der Waals surface area contributed by atoms with E-state index in [1.54, 1.807) is 19.5 Å². The second-order valence-corrected chi connectivity index (χ2v) is 4.52. The number of aryl methyl sites for hydroxylation is 1. The highest BCUT2D eigenvalue weighted by Crippen LogP contribution is 2.16. The number of halogens is 1. The van der Waals surface area contributed by atoms with Crippen LogP contribution < -0.4 is 5.32 Å². The number of hydrogen-bond donors (Lipinski definition) is 1. The van der Waals surface area contributed by atoms with E-state index in [0.29, 0.717) is 6.04 Å². The first-order chi connectivity index (χ1) is 8.27. The first-order valence-corrected chi connectivity index (χ1v) is 6.46. The number of hydrogen-bond acceptors (Lipinski definition) is 3. The van der Waals surface area contributed by atoms with Crippen LogP contribution in [0.2, 0.25) is 5.02 Å². The third-order valence-corrected chi connectivity index (χ3v) is 3.01. The van der Waals surface area contributed by atoms with Gasteiger partial charge in [0, 0.05) is 25.5 Å². The average Bonchev–Trinajstić information content (AvgIpc) is 2.34. The molecule has 1 rings (SSSR count). The molecule has 3 nitrogen and oxygen atoms in total. The van der Waals surface area contributed by atoms with Gasteiger partial charge in [-0.3, -0.25) is 4.98 Å². The SMILES string of the molecule is CCCNC(CCc1ccncc1Cl)COC. The van der Waals surface area contributed by atoms with Crippen molar-refractivity contribution in [2.24, 2.45) is 0 Å². The molecule has 0 amide bonds. The summed E-state index contributed by atoms with van der Waals surface area (Å²) in [6.07, 6.45) is 6.59. The van der Waals surface area contributed by atoms with E-state index in [9.17, 15) is 0 Å². The van der Waals surface area contributed by atoms with E-state index in [1.165, 1.54) is 0 Å². The minimum absolute atomic E-state index is 0.393. The van der Waals surface area contributed by atoms with Crippen molar-refractivity contribution in [1.29, 1.82) is 0 Å². The van der Waals surface area contributed by atoms with Gasteiger partial charge in [0.15, 0.2) is 0 Å². The molecule has 0 aliphatic carbocycles. The molecule has 0 aliphatic heterocycles. The van der Waals surface area contributed by atoms with Crippen LogP contribution in [-0.4, -0.2) is 31.3 Å². The molecular weight excluding hydrogens is 236 g/mol. The molecule has 0 radical (unpaired) electrons. The number of pyridine rings is 1. The van der Waals surface area contributed by atoms with Gasteiger partial charge in [-0.25, -0.2) is 0 Å². The van der Waals surface area contributed by atoms with Crippen LogP contribution in [0.1, 0.15) is 25.3 Å². The zero-order valence-electron chi connectivity index (χ0n) is 10.6. The molecule has 1 aromatic heterocycles. The lowest BCUT2D eigenvalue weighted by atomic mass is 10.1. The van der Waals surface area contributed by atoms with Gasteiger partial charge >= 0.3 is 0 Å². The molecule has 4 heteroatoms. The lowest BCUT2D eigenvalue weighted by Crippen LogP contribution is -2.34. The lowest BCUT2D eigenvalue weighted by Gasteiger charge is -2.17. The normalized spacial score (nSPS) is 12.6. The van der Waals surface area contributed by atoms with Crippen molar-refractivity contribution in [2.75, 3.05) is 20.3 Å². The Bertz CT molecular complexity index is 320. The van der Waals surface area contributed by atoms with Gasteiger partial charge in [-0.2, -0.15) is 0 Å². The number of ether oxygens (including phenoxy) is 1. The van der Waals surface area contributed by atoms with Crippen molar-refractivity contribution in [3.05, 3.63) is 29.0 Å². The minimum Gasteiger partial charge on any atom is -0.383 e. The molecule has 0 fully saturated rings. The predicted octanol–water partition coefficient (Wildman–Crippen LogP) is 2.68. The Morgan fingerprint density at radius 2 is 2.35 bits per heavy atom. The van der Waals surface area contributed by atoms with E-state index in [4.69, 9.17) is 16.3 Å². The molecule has 0 saturated heterocycles. The van der Waals surface area contributed by atoms with Gasteiger partial charge in [-0.05, 0) is 37.4 Å². The molecule has 1 aromatic rings. The van der Waals surface area contributed by atoms with Crippen LogP contribution >= 0.6 is 11.6 Å². The topological polar surface area (TPSA) is 34.2 Å². The highest BCUT2D eigenvalue weighted by atomic mass is 35.5. The zero-order chi connectivity index (χ0) is 12.5. The van der Waals surface area contributed by atoms with Gasteiger partial charge in [-0.1, -0.05) is 18.5 Å². The number of rotatable bonds is 8. The fraction of sp³-hybridized carbons (Fsp3) is 0.615. The van der Waals surface area contributed by atoms with Crippen molar-refractivity contribution in [1.82, 2.24) is 10.3 Å². The van der Waals surface area contributed by atoms with E-state index < -0.39 is 0 Å². The summed E-state index contributed by atoms with van der Waals surface area (Å²) in [6.45, 7) is 3.93. The van der Waals surface area contributed by atoms with E-state index in [2.05, 4.69) is 17.2 Å². The Morgan fingerprint density at radius 3 is 3.00 bits per heavy atom. The molecule has 0 aromatic carbocycles. The summed E-state index contributed by atoms with van der Waals surface area (Å²) in [6, 6.07) is 2.37. The number of nitrogens with one attached hydrogen (secondary N) is 1.